The molecule has 0 aliphatic carbocycles. The molecule has 0 bridgehead atoms. The Labute approximate surface area is 239 Å². The number of thiazole rings is 1. The zero-order valence-electron chi connectivity index (χ0n) is 22.3. The van der Waals surface area contributed by atoms with Crippen LogP contribution in [-0.4, -0.2) is 45.4 Å². The fraction of sp³-hybridized carbons (Fsp3) is 0.250. The molecule has 4 rings (SSSR count). The number of hydrogen-bond donors (Lipinski definition) is 2. The first-order valence-corrected chi connectivity index (χ1v) is 13.5. The molecule has 0 atom stereocenters. The second-order valence-corrected chi connectivity index (χ2v) is 10.3. The van der Waals surface area contributed by atoms with E-state index < -0.39 is 17.9 Å². The second-order valence-electron chi connectivity index (χ2n) is 8.56. The maximum atomic E-state index is 12.9. The number of carbonyl (C=O) groups is 2. The van der Waals surface area contributed by atoms with Gasteiger partial charge in [0.1, 0.15) is 11.5 Å². The van der Waals surface area contributed by atoms with Crippen molar-refractivity contribution < 1.29 is 28.5 Å². The molecule has 1 aliphatic heterocycles. The highest BCUT2D eigenvalue weighted by molar-refractivity contribution is 9.10. The lowest BCUT2D eigenvalue weighted by Crippen LogP contribution is -2.32. The molecule has 0 spiro atoms. The van der Waals surface area contributed by atoms with Crippen LogP contribution in [0.4, 0.5) is 10.8 Å². The first-order valence-electron chi connectivity index (χ1n) is 11.8. The first-order chi connectivity index (χ1) is 18.7. The number of para-hydroxylation sites is 1. The Hall–Kier alpha value is -3.83. The molecule has 2 aromatic carbocycles. The summed E-state index contributed by atoms with van der Waals surface area (Å²) in [4.78, 5) is 30.7. The third kappa shape index (κ3) is 5.50. The molecule has 3 aromatic rings. The van der Waals surface area contributed by atoms with E-state index in [0.29, 0.717) is 56.1 Å². The maximum absolute atomic E-state index is 12.9. The number of rotatable bonds is 8. The van der Waals surface area contributed by atoms with Gasteiger partial charge in [0, 0.05) is 34.1 Å². The number of dihydropyridines is 1. The van der Waals surface area contributed by atoms with Gasteiger partial charge in [0.25, 0.3) is 0 Å². The maximum Gasteiger partial charge on any atom is 0.336 e. The molecule has 0 amide bonds. The summed E-state index contributed by atoms with van der Waals surface area (Å²) in [6.07, 6.45) is 0. The van der Waals surface area contributed by atoms with Gasteiger partial charge in [-0.3, -0.25) is 0 Å². The Morgan fingerprint density at radius 3 is 2.15 bits per heavy atom. The van der Waals surface area contributed by atoms with Gasteiger partial charge >= 0.3 is 11.9 Å². The highest BCUT2D eigenvalue weighted by Gasteiger charge is 2.38. The minimum absolute atomic E-state index is 0.324. The van der Waals surface area contributed by atoms with E-state index in [1.54, 1.807) is 34.1 Å². The number of benzene rings is 2. The van der Waals surface area contributed by atoms with E-state index in [2.05, 4.69) is 26.6 Å². The summed E-state index contributed by atoms with van der Waals surface area (Å²) >= 11 is 4.94. The van der Waals surface area contributed by atoms with Crippen LogP contribution in [0.25, 0.3) is 11.3 Å². The number of ether oxygens (including phenoxy) is 4. The lowest BCUT2D eigenvalue weighted by molar-refractivity contribution is -0.137. The van der Waals surface area contributed by atoms with Crippen molar-refractivity contribution in [1.82, 2.24) is 10.3 Å². The zero-order chi connectivity index (χ0) is 28.3. The number of hydrogen-bond acceptors (Lipinski definition) is 10. The number of aromatic nitrogens is 1. The average molecular weight is 615 g/mol. The predicted octanol–water partition coefficient (Wildman–Crippen LogP) is 5.91. The van der Waals surface area contributed by atoms with Gasteiger partial charge < -0.3 is 29.6 Å². The van der Waals surface area contributed by atoms with Crippen molar-refractivity contribution in [3.8, 4) is 22.8 Å². The van der Waals surface area contributed by atoms with Gasteiger partial charge in [-0.25, -0.2) is 14.6 Å². The summed E-state index contributed by atoms with van der Waals surface area (Å²) in [5.41, 5.74) is 4.71. The fourth-order valence-electron chi connectivity index (χ4n) is 4.56. The van der Waals surface area contributed by atoms with Crippen LogP contribution in [0.15, 0.2) is 68.8 Å². The number of methoxy groups -OCH3 is 4. The van der Waals surface area contributed by atoms with Crippen molar-refractivity contribution in [2.75, 3.05) is 33.8 Å². The Kier molecular flexibility index (Phi) is 8.61. The van der Waals surface area contributed by atoms with Crippen LogP contribution in [0.2, 0.25) is 0 Å². The molecule has 1 aliphatic rings. The molecule has 0 saturated carbocycles. The van der Waals surface area contributed by atoms with Crippen molar-refractivity contribution in [2.24, 2.45) is 0 Å². The summed E-state index contributed by atoms with van der Waals surface area (Å²) in [7, 11) is 5.82. The largest absolute Gasteiger partial charge is 0.496 e. The van der Waals surface area contributed by atoms with Gasteiger partial charge in [-0.1, -0.05) is 18.2 Å². The molecule has 2 heterocycles. The van der Waals surface area contributed by atoms with Crippen LogP contribution in [0, 0.1) is 0 Å². The molecule has 2 N–H and O–H groups in total. The second kappa shape index (κ2) is 11.9. The van der Waals surface area contributed by atoms with Gasteiger partial charge in [0.05, 0.1) is 55.7 Å². The zero-order valence-corrected chi connectivity index (χ0v) is 24.7. The summed E-state index contributed by atoms with van der Waals surface area (Å²) < 4.78 is 21.9. The molecule has 11 heteroatoms. The lowest BCUT2D eigenvalue weighted by atomic mass is 9.79. The van der Waals surface area contributed by atoms with Crippen LogP contribution in [0.3, 0.4) is 0 Å². The van der Waals surface area contributed by atoms with E-state index in [4.69, 9.17) is 23.9 Å². The minimum atomic E-state index is -0.730. The predicted molar refractivity (Wildman–Crippen MR) is 153 cm³/mol. The molecule has 0 fully saturated rings. The van der Waals surface area contributed by atoms with Crippen LogP contribution >= 0.6 is 27.3 Å². The fourth-order valence-corrected chi connectivity index (χ4v) is 5.79. The van der Waals surface area contributed by atoms with Gasteiger partial charge in [0.2, 0.25) is 0 Å². The van der Waals surface area contributed by atoms with Gasteiger partial charge in [-0.15, -0.1) is 11.3 Å². The molecule has 0 radical (unpaired) electrons. The molecule has 9 nitrogen and oxygen atoms in total. The summed E-state index contributed by atoms with van der Waals surface area (Å²) in [5.74, 6) is -0.542. The molecule has 1 aromatic heterocycles. The Morgan fingerprint density at radius 1 is 0.949 bits per heavy atom. The van der Waals surface area contributed by atoms with Crippen molar-refractivity contribution in [1.29, 1.82) is 0 Å². The van der Waals surface area contributed by atoms with E-state index in [1.807, 2.05) is 35.7 Å². The van der Waals surface area contributed by atoms with Crippen molar-refractivity contribution in [2.45, 2.75) is 19.8 Å². The van der Waals surface area contributed by atoms with Gasteiger partial charge in [-0.2, -0.15) is 0 Å². The normalized spacial score (nSPS) is 13.6. The van der Waals surface area contributed by atoms with E-state index in [1.165, 1.54) is 25.6 Å². The smallest absolute Gasteiger partial charge is 0.336 e. The molecular weight excluding hydrogens is 586 g/mol. The topological polar surface area (TPSA) is 108 Å². The Bertz CT molecular complexity index is 1460. The van der Waals surface area contributed by atoms with Crippen LogP contribution in [0.5, 0.6) is 11.5 Å². The SMILES string of the molecule is COC(=O)C1=C(C)NC(C)=C(C(=O)OC)C1c1ccccc1Nc1nc(-c2cc(Br)c(OC)cc2OC)cs1. The minimum Gasteiger partial charge on any atom is -0.496 e. The number of allylic oxidation sites excluding steroid dienone is 2. The third-order valence-corrected chi connectivity index (χ3v) is 7.72. The highest BCUT2D eigenvalue weighted by Crippen LogP contribution is 2.44. The Balaban J connectivity index is 1.78. The van der Waals surface area contributed by atoms with Crippen LogP contribution in [-0.2, 0) is 19.1 Å². The van der Waals surface area contributed by atoms with Crippen LogP contribution < -0.4 is 20.1 Å². The summed E-state index contributed by atoms with van der Waals surface area (Å²) in [6.45, 7) is 3.56. The standard InChI is InChI=1S/C28H28BrN3O6S/c1-14-23(26(33)37-5)25(24(15(2)30-14)27(34)38-6)16-9-7-8-10-19(16)31-28-32-20(13-39-28)17-11-18(29)22(36-4)12-21(17)35-3/h7-13,25,30H,1-6H3,(H,31,32). The van der Waals surface area contributed by atoms with E-state index in [0.717, 1.165) is 10.0 Å². The Morgan fingerprint density at radius 2 is 1.56 bits per heavy atom. The third-order valence-electron chi connectivity index (χ3n) is 6.34. The molecule has 0 unspecified atom stereocenters. The number of anilines is 2. The number of nitrogens with zero attached hydrogens (tertiary/aromatic N) is 1. The molecular formula is C28H28BrN3O6S. The van der Waals surface area contributed by atoms with E-state index in [9.17, 15) is 9.59 Å². The number of carbonyl (C=O) groups excluding carboxylic acids is 2. The van der Waals surface area contributed by atoms with E-state index >= 15 is 0 Å². The first kappa shape index (κ1) is 28.2. The van der Waals surface area contributed by atoms with Crippen molar-refractivity contribution in [3.05, 3.63) is 74.4 Å². The van der Waals surface area contributed by atoms with Crippen molar-refractivity contribution in [3.63, 3.8) is 0 Å². The average Bonchev–Trinajstić information content (AvgIpc) is 3.40. The van der Waals surface area contributed by atoms with Crippen LogP contribution in [0.1, 0.15) is 25.3 Å². The van der Waals surface area contributed by atoms with Gasteiger partial charge in [-0.05, 0) is 47.5 Å². The summed E-state index contributed by atoms with van der Waals surface area (Å²) in [6, 6.07) is 11.1. The number of nitrogens with one attached hydrogen (secondary N) is 2. The number of halogens is 1. The highest BCUT2D eigenvalue weighted by atomic mass is 79.9. The quantitative estimate of drug-likeness (QED) is 0.299. The van der Waals surface area contributed by atoms with E-state index in [-0.39, 0.29) is 0 Å². The monoisotopic (exact) mass is 613 g/mol. The lowest BCUT2D eigenvalue weighted by Gasteiger charge is -2.31. The van der Waals surface area contributed by atoms with Gasteiger partial charge in [0.15, 0.2) is 5.13 Å². The number of esters is 2. The molecule has 204 valence electrons. The molecule has 0 saturated heterocycles. The summed E-state index contributed by atoms with van der Waals surface area (Å²) in [5, 5.41) is 9.03. The molecule has 39 heavy (non-hydrogen) atoms. The van der Waals surface area contributed by atoms with Crippen molar-refractivity contribution >= 4 is 50.0 Å².